The van der Waals surface area contributed by atoms with E-state index < -0.39 is 11.5 Å². The van der Waals surface area contributed by atoms with E-state index in [0.717, 1.165) is 38.5 Å². The molecule has 1 unspecified atom stereocenters. The van der Waals surface area contributed by atoms with Crippen molar-refractivity contribution in [1.29, 1.82) is 0 Å². The van der Waals surface area contributed by atoms with Crippen LogP contribution in [0.5, 0.6) is 0 Å². The number of carbonyl (C=O) groups excluding carboxylic acids is 1. The molecule has 0 fully saturated rings. The van der Waals surface area contributed by atoms with E-state index in [0.29, 0.717) is 0 Å². The van der Waals surface area contributed by atoms with Crippen molar-refractivity contribution < 1.29 is 19.7 Å². The Morgan fingerprint density at radius 1 is 0.344 bits per heavy atom. The van der Waals surface area contributed by atoms with Crippen molar-refractivity contribution in [3.8, 4) is 0 Å². The summed E-state index contributed by atoms with van der Waals surface area (Å²) < 4.78 is 5.84. The minimum Gasteiger partial charge on any atom is -0.462 e. The zero-order valence-corrected chi connectivity index (χ0v) is 42.4. The lowest BCUT2D eigenvalue weighted by molar-refractivity contribution is -0.161. The number of hydrogen-bond acceptors (Lipinski definition) is 4. The van der Waals surface area contributed by atoms with Crippen LogP contribution in [0.3, 0.4) is 0 Å². The summed E-state index contributed by atoms with van der Waals surface area (Å²) in [6.45, 7) is 6.43. The van der Waals surface area contributed by atoms with E-state index in [1.165, 1.54) is 276 Å². The van der Waals surface area contributed by atoms with E-state index in [1.807, 2.05) is 0 Å². The van der Waals surface area contributed by atoms with Crippen LogP contribution in [0.25, 0.3) is 0 Å². The predicted molar refractivity (Wildman–Crippen MR) is 270 cm³/mol. The number of ether oxygens (including phenoxy) is 1. The number of hydrogen-bond donors (Lipinski definition) is 2. The molecule has 0 bridgehead atoms. The standard InChI is InChI=1S/C57H114O4/c1-4-7-10-13-16-19-22-25-28-30-33-36-39-42-45-48-51-57(56(60)61-54-55(59)53-58,50-47-44-41-38-35-32-27-24-21-18-15-12-9-6-3)52-49-46-43-40-37-34-31-29-26-23-20-17-14-11-8-5-2/h55,58-59H,4-54H2,1-3H3. The number of aliphatic hydroxyl groups excluding tert-OH is 2. The summed E-state index contributed by atoms with van der Waals surface area (Å²) in [5.74, 6) is -0.100. The monoisotopic (exact) mass is 863 g/mol. The molecule has 0 aromatic heterocycles. The van der Waals surface area contributed by atoms with Crippen LogP contribution in [0.4, 0.5) is 0 Å². The average Bonchev–Trinajstić information content (AvgIpc) is 3.27. The number of aliphatic hydroxyl groups is 2. The summed E-state index contributed by atoms with van der Waals surface area (Å²) >= 11 is 0. The van der Waals surface area contributed by atoms with Gasteiger partial charge in [0.25, 0.3) is 0 Å². The van der Waals surface area contributed by atoms with Crippen LogP contribution < -0.4 is 0 Å². The lowest BCUT2D eigenvalue weighted by atomic mass is 9.74. The molecule has 0 amide bonds. The molecule has 0 saturated heterocycles. The first-order valence-corrected chi connectivity index (χ1v) is 28.5. The second-order valence-corrected chi connectivity index (χ2v) is 20.2. The Bertz CT molecular complexity index is 792. The van der Waals surface area contributed by atoms with Crippen molar-refractivity contribution in [3.05, 3.63) is 0 Å². The van der Waals surface area contributed by atoms with Gasteiger partial charge in [-0.05, 0) is 19.3 Å². The maximum absolute atomic E-state index is 14.0. The van der Waals surface area contributed by atoms with Gasteiger partial charge in [-0.2, -0.15) is 0 Å². The van der Waals surface area contributed by atoms with Gasteiger partial charge in [0, 0.05) is 0 Å². The van der Waals surface area contributed by atoms with Gasteiger partial charge in [-0.15, -0.1) is 0 Å². The number of esters is 1. The third-order valence-corrected chi connectivity index (χ3v) is 14.1. The van der Waals surface area contributed by atoms with E-state index in [4.69, 9.17) is 4.74 Å². The maximum Gasteiger partial charge on any atom is 0.312 e. The van der Waals surface area contributed by atoms with Gasteiger partial charge in [-0.1, -0.05) is 316 Å². The minimum atomic E-state index is -0.992. The van der Waals surface area contributed by atoms with Crippen LogP contribution in [0.15, 0.2) is 0 Å². The first-order chi connectivity index (χ1) is 30.1. The van der Waals surface area contributed by atoms with Gasteiger partial charge in [0.2, 0.25) is 0 Å². The van der Waals surface area contributed by atoms with Gasteiger partial charge in [0.15, 0.2) is 0 Å². The molecule has 61 heavy (non-hydrogen) atoms. The van der Waals surface area contributed by atoms with E-state index in [-0.39, 0.29) is 19.2 Å². The predicted octanol–water partition coefficient (Wildman–Crippen LogP) is 19.0. The van der Waals surface area contributed by atoms with Crippen LogP contribution in [-0.4, -0.2) is 35.5 Å². The van der Waals surface area contributed by atoms with Crippen molar-refractivity contribution in [2.45, 2.75) is 341 Å². The van der Waals surface area contributed by atoms with Gasteiger partial charge in [-0.25, -0.2) is 0 Å². The fourth-order valence-corrected chi connectivity index (χ4v) is 9.74. The molecule has 0 radical (unpaired) electrons. The molecule has 0 spiro atoms. The molecular weight excluding hydrogens is 749 g/mol. The first-order valence-electron chi connectivity index (χ1n) is 28.5. The van der Waals surface area contributed by atoms with Crippen molar-refractivity contribution in [2.24, 2.45) is 5.41 Å². The molecule has 2 N–H and O–H groups in total. The lowest BCUT2D eigenvalue weighted by Gasteiger charge is -2.32. The summed E-state index contributed by atoms with van der Waals surface area (Å²) in [5, 5.41) is 19.6. The highest BCUT2D eigenvalue weighted by Gasteiger charge is 2.38. The summed E-state index contributed by atoms with van der Waals surface area (Å²) in [4.78, 5) is 14.0. The number of carbonyl (C=O) groups is 1. The Hall–Kier alpha value is -0.610. The number of rotatable bonds is 53. The lowest BCUT2D eigenvalue weighted by Crippen LogP contribution is -2.35. The van der Waals surface area contributed by atoms with E-state index in [9.17, 15) is 15.0 Å². The van der Waals surface area contributed by atoms with Crippen LogP contribution in [0.1, 0.15) is 335 Å². The maximum atomic E-state index is 14.0. The molecule has 4 heteroatoms. The summed E-state index contributed by atoms with van der Waals surface area (Å²) in [5.41, 5.74) is -0.446. The minimum absolute atomic E-state index is 0.0895. The Labute approximate surface area is 384 Å². The highest BCUT2D eigenvalue weighted by molar-refractivity contribution is 5.76. The van der Waals surface area contributed by atoms with Crippen LogP contribution in [0.2, 0.25) is 0 Å². The normalized spacial score (nSPS) is 12.4. The largest absolute Gasteiger partial charge is 0.462 e. The molecule has 0 heterocycles. The van der Waals surface area contributed by atoms with Crippen molar-refractivity contribution in [3.63, 3.8) is 0 Å². The number of unbranched alkanes of at least 4 members (excludes halogenated alkanes) is 43. The van der Waals surface area contributed by atoms with E-state index in [2.05, 4.69) is 20.8 Å². The van der Waals surface area contributed by atoms with E-state index >= 15 is 0 Å². The zero-order chi connectivity index (χ0) is 44.4. The molecule has 366 valence electrons. The molecule has 0 aliphatic heterocycles. The molecule has 0 rings (SSSR count). The van der Waals surface area contributed by atoms with Gasteiger partial charge in [-0.3, -0.25) is 4.79 Å². The smallest absolute Gasteiger partial charge is 0.312 e. The van der Waals surface area contributed by atoms with Crippen molar-refractivity contribution in [1.82, 2.24) is 0 Å². The second-order valence-electron chi connectivity index (χ2n) is 20.2. The summed E-state index contributed by atoms with van der Waals surface area (Å²) in [6.07, 6.45) is 63.9. The molecule has 0 aromatic rings. The van der Waals surface area contributed by atoms with Gasteiger partial charge in [0.05, 0.1) is 12.0 Å². The van der Waals surface area contributed by atoms with Gasteiger partial charge in [0.1, 0.15) is 12.7 Å². The summed E-state index contributed by atoms with van der Waals surface area (Å²) in [6, 6.07) is 0. The Morgan fingerprint density at radius 3 is 0.705 bits per heavy atom. The molecule has 0 saturated carbocycles. The fraction of sp³-hybridized carbons (Fsp3) is 0.982. The van der Waals surface area contributed by atoms with E-state index in [1.54, 1.807) is 0 Å². The SMILES string of the molecule is CCCCCCCCCCCCCCCCCCC(CCCCCCCCCCCCCCCC)(CCCCCCCCCCCCCCCCCC)C(=O)OCC(O)CO. The average molecular weight is 864 g/mol. The van der Waals surface area contributed by atoms with Crippen LogP contribution in [-0.2, 0) is 9.53 Å². The molecule has 0 aromatic carbocycles. The molecular formula is C57H114O4. The van der Waals surface area contributed by atoms with Crippen molar-refractivity contribution in [2.75, 3.05) is 13.2 Å². The molecule has 0 aliphatic rings. The highest BCUT2D eigenvalue weighted by atomic mass is 16.5. The Morgan fingerprint density at radius 2 is 0.525 bits per heavy atom. The third-order valence-electron chi connectivity index (χ3n) is 14.1. The summed E-state index contributed by atoms with van der Waals surface area (Å²) in [7, 11) is 0. The Kier molecular flexibility index (Phi) is 49.9. The fourth-order valence-electron chi connectivity index (χ4n) is 9.74. The first kappa shape index (κ1) is 60.4. The van der Waals surface area contributed by atoms with Crippen LogP contribution in [0, 0.1) is 5.41 Å². The molecule has 4 nitrogen and oxygen atoms in total. The molecule has 0 aliphatic carbocycles. The van der Waals surface area contributed by atoms with Gasteiger partial charge >= 0.3 is 5.97 Å². The highest BCUT2D eigenvalue weighted by Crippen LogP contribution is 2.39. The molecule has 1 atom stereocenters. The Balaban J connectivity index is 4.80. The topological polar surface area (TPSA) is 66.8 Å². The zero-order valence-electron chi connectivity index (χ0n) is 42.4. The second kappa shape index (κ2) is 50.4. The van der Waals surface area contributed by atoms with Crippen molar-refractivity contribution >= 4 is 5.97 Å². The van der Waals surface area contributed by atoms with Crippen LogP contribution >= 0.6 is 0 Å². The third kappa shape index (κ3) is 43.1. The van der Waals surface area contributed by atoms with Gasteiger partial charge < -0.3 is 14.9 Å². The quantitative estimate of drug-likeness (QED) is 0.0472.